The Balaban J connectivity index is 3.70. The van der Waals surface area contributed by atoms with Crippen molar-refractivity contribution < 1.29 is 14.3 Å². The summed E-state index contributed by atoms with van der Waals surface area (Å²) >= 11 is 0. The zero-order valence-corrected chi connectivity index (χ0v) is 8.38. The van der Waals surface area contributed by atoms with Crippen molar-refractivity contribution in [3.05, 3.63) is 0 Å². The summed E-state index contributed by atoms with van der Waals surface area (Å²) in [6.45, 7) is 6.89. The SMILES string of the molecule is C[C@H](C=O)NNC(=O)OC(C)(C)C. The van der Waals surface area contributed by atoms with E-state index in [0.717, 1.165) is 0 Å². The number of amides is 1. The summed E-state index contributed by atoms with van der Waals surface area (Å²) in [4.78, 5) is 21.1. The van der Waals surface area contributed by atoms with Gasteiger partial charge in [0, 0.05) is 0 Å². The molecular weight excluding hydrogens is 172 g/mol. The summed E-state index contributed by atoms with van der Waals surface area (Å²) in [6, 6.07) is -0.424. The van der Waals surface area contributed by atoms with Crippen molar-refractivity contribution in [3.63, 3.8) is 0 Å². The van der Waals surface area contributed by atoms with Gasteiger partial charge in [0.05, 0.1) is 6.04 Å². The molecule has 0 bridgehead atoms. The molecule has 0 rings (SSSR count). The fourth-order valence-corrected chi connectivity index (χ4v) is 0.510. The lowest BCUT2D eigenvalue weighted by Crippen LogP contribution is -2.45. The largest absolute Gasteiger partial charge is 0.443 e. The van der Waals surface area contributed by atoms with E-state index < -0.39 is 17.7 Å². The minimum atomic E-state index is -0.596. The standard InChI is InChI=1S/C8H16N2O3/c1-6(5-11)9-10-7(12)13-8(2,3)4/h5-6,9H,1-4H3,(H,10,12)/t6-/m1/s1. The van der Waals surface area contributed by atoms with Crippen molar-refractivity contribution in [2.75, 3.05) is 0 Å². The van der Waals surface area contributed by atoms with E-state index in [1.54, 1.807) is 27.7 Å². The van der Waals surface area contributed by atoms with Gasteiger partial charge in [-0.2, -0.15) is 0 Å². The number of hydrazine groups is 1. The first-order valence-electron chi connectivity index (χ1n) is 4.05. The van der Waals surface area contributed by atoms with Gasteiger partial charge in [0.25, 0.3) is 0 Å². The third-order valence-corrected chi connectivity index (χ3v) is 1.00. The highest BCUT2D eigenvalue weighted by molar-refractivity contribution is 5.67. The molecule has 0 saturated heterocycles. The van der Waals surface area contributed by atoms with Crippen LogP contribution in [0.2, 0.25) is 0 Å². The number of carbonyl (C=O) groups excluding carboxylic acids is 2. The van der Waals surface area contributed by atoms with Crippen molar-refractivity contribution in [1.82, 2.24) is 10.9 Å². The average Bonchev–Trinajstić information content (AvgIpc) is 1.97. The Morgan fingerprint density at radius 2 is 2.00 bits per heavy atom. The van der Waals surface area contributed by atoms with Gasteiger partial charge < -0.3 is 9.53 Å². The van der Waals surface area contributed by atoms with Gasteiger partial charge in [0.1, 0.15) is 11.9 Å². The quantitative estimate of drug-likeness (QED) is 0.503. The van der Waals surface area contributed by atoms with Gasteiger partial charge in [-0.25, -0.2) is 10.2 Å². The predicted octanol–water partition coefficient (Wildman–Crippen LogP) is 0.603. The Kier molecular flexibility index (Phi) is 4.40. The van der Waals surface area contributed by atoms with Gasteiger partial charge in [-0.05, 0) is 27.7 Å². The predicted molar refractivity (Wildman–Crippen MR) is 48.0 cm³/mol. The smallest absolute Gasteiger partial charge is 0.422 e. The van der Waals surface area contributed by atoms with Crippen LogP contribution in [0.5, 0.6) is 0 Å². The highest BCUT2D eigenvalue weighted by Gasteiger charge is 2.15. The lowest BCUT2D eigenvalue weighted by atomic mass is 10.2. The molecule has 0 radical (unpaired) electrons. The molecule has 0 aromatic carbocycles. The first kappa shape index (κ1) is 11.9. The number of hydrogen-bond donors (Lipinski definition) is 2. The Morgan fingerprint density at radius 3 is 2.38 bits per heavy atom. The van der Waals surface area contributed by atoms with Crippen LogP contribution in [-0.2, 0) is 9.53 Å². The minimum absolute atomic E-state index is 0.424. The maximum absolute atomic E-state index is 11.0. The Bertz CT molecular complexity index is 186. The van der Waals surface area contributed by atoms with Crippen LogP contribution in [0.15, 0.2) is 0 Å². The monoisotopic (exact) mass is 188 g/mol. The van der Waals surface area contributed by atoms with E-state index in [-0.39, 0.29) is 0 Å². The summed E-state index contributed by atoms with van der Waals surface area (Å²) in [5, 5.41) is 0. The molecule has 5 heteroatoms. The van der Waals surface area contributed by atoms with Crippen LogP contribution in [0.25, 0.3) is 0 Å². The molecule has 0 spiro atoms. The normalized spacial score (nSPS) is 13.2. The maximum Gasteiger partial charge on any atom is 0.422 e. The van der Waals surface area contributed by atoms with Crippen molar-refractivity contribution in [2.24, 2.45) is 0 Å². The molecule has 0 aromatic rings. The third-order valence-electron chi connectivity index (χ3n) is 1.00. The van der Waals surface area contributed by atoms with Crippen molar-refractivity contribution in [2.45, 2.75) is 39.3 Å². The summed E-state index contributed by atoms with van der Waals surface area (Å²) in [5.41, 5.74) is 4.18. The molecule has 2 N–H and O–H groups in total. The molecule has 0 aromatic heterocycles. The van der Waals surface area contributed by atoms with Crippen LogP contribution in [-0.4, -0.2) is 24.0 Å². The van der Waals surface area contributed by atoms with Gasteiger partial charge in [-0.3, -0.25) is 5.43 Å². The molecule has 0 fully saturated rings. The van der Waals surface area contributed by atoms with Gasteiger partial charge in [-0.1, -0.05) is 0 Å². The first-order chi connectivity index (χ1) is 5.85. The second-order valence-electron chi connectivity index (χ2n) is 3.70. The Labute approximate surface area is 77.8 Å². The van der Waals surface area contributed by atoms with Crippen LogP contribution in [0, 0.1) is 0 Å². The molecule has 5 nitrogen and oxygen atoms in total. The van der Waals surface area contributed by atoms with Crippen LogP contribution in [0.1, 0.15) is 27.7 Å². The van der Waals surface area contributed by atoms with Crippen molar-refractivity contribution >= 4 is 12.4 Å². The Hall–Kier alpha value is -1.10. The Morgan fingerprint density at radius 1 is 1.46 bits per heavy atom. The van der Waals surface area contributed by atoms with E-state index in [0.29, 0.717) is 6.29 Å². The fourth-order valence-electron chi connectivity index (χ4n) is 0.510. The van der Waals surface area contributed by atoms with Crippen LogP contribution < -0.4 is 10.9 Å². The van der Waals surface area contributed by atoms with E-state index >= 15 is 0 Å². The molecule has 0 aliphatic rings. The summed E-state index contributed by atoms with van der Waals surface area (Å²) in [6.07, 6.45) is 0.0818. The molecule has 0 heterocycles. The lowest BCUT2D eigenvalue weighted by Gasteiger charge is -2.20. The highest BCUT2D eigenvalue weighted by atomic mass is 16.6. The maximum atomic E-state index is 11.0. The fraction of sp³-hybridized carbons (Fsp3) is 0.750. The highest BCUT2D eigenvalue weighted by Crippen LogP contribution is 2.05. The summed E-state index contributed by atoms with van der Waals surface area (Å²) in [5.74, 6) is 0. The van der Waals surface area contributed by atoms with E-state index in [1.807, 2.05) is 0 Å². The minimum Gasteiger partial charge on any atom is -0.443 e. The van der Waals surface area contributed by atoms with Gasteiger partial charge in [0.15, 0.2) is 0 Å². The number of carbonyl (C=O) groups is 2. The molecule has 76 valence electrons. The molecule has 0 unspecified atom stereocenters. The van der Waals surface area contributed by atoms with Crippen molar-refractivity contribution in [3.8, 4) is 0 Å². The van der Waals surface area contributed by atoms with Crippen LogP contribution in [0.3, 0.4) is 0 Å². The molecule has 13 heavy (non-hydrogen) atoms. The topological polar surface area (TPSA) is 67.4 Å². The number of rotatable bonds is 3. The van der Waals surface area contributed by atoms with E-state index in [2.05, 4.69) is 10.9 Å². The van der Waals surface area contributed by atoms with Gasteiger partial charge in [-0.15, -0.1) is 0 Å². The summed E-state index contributed by atoms with van der Waals surface area (Å²) < 4.78 is 4.90. The molecule has 1 amide bonds. The zero-order valence-electron chi connectivity index (χ0n) is 8.38. The molecular formula is C8H16N2O3. The molecule has 0 aliphatic carbocycles. The molecule has 1 atom stereocenters. The van der Waals surface area contributed by atoms with E-state index in [4.69, 9.17) is 4.74 Å². The second-order valence-corrected chi connectivity index (χ2v) is 3.70. The zero-order chi connectivity index (χ0) is 10.5. The molecule has 0 aliphatic heterocycles. The number of hydrogen-bond acceptors (Lipinski definition) is 4. The van der Waals surface area contributed by atoms with Gasteiger partial charge >= 0.3 is 6.09 Å². The van der Waals surface area contributed by atoms with Crippen molar-refractivity contribution in [1.29, 1.82) is 0 Å². The summed E-state index contributed by atoms with van der Waals surface area (Å²) in [7, 11) is 0. The van der Waals surface area contributed by atoms with Gasteiger partial charge in [0.2, 0.25) is 0 Å². The number of nitrogens with one attached hydrogen (secondary N) is 2. The number of ether oxygens (including phenoxy) is 1. The lowest BCUT2D eigenvalue weighted by molar-refractivity contribution is -0.109. The molecule has 0 saturated carbocycles. The second kappa shape index (κ2) is 4.81. The number of aldehydes is 1. The average molecular weight is 188 g/mol. The third kappa shape index (κ3) is 7.27. The first-order valence-corrected chi connectivity index (χ1v) is 4.05. The van der Waals surface area contributed by atoms with E-state index in [9.17, 15) is 9.59 Å². The van der Waals surface area contributed by atoms with Crippen LogP contribution >= 0.6 is 0 Å². The van der Waals surface area contributed by atoms with E-state index in [1.165, 1.54) is 0 Å². The van der Waals surface area contributed by atoms with Crippen LogP contribution in [0.4, 0.5) is 4.79 Å².